The molecule has 0 aromatic carbocycles. The quantitative estimate of drug-likeness (QED) is 0.108. The van der Waals surface area contributed by atoms with Crippen LogP contribution in [0.25, 0.3) is 0 Å². The lowest BCUT2D eigenvalue weighted by atomic mass is 10.1. The Morgan fingerprint density at radius 3 is 2.08 bits per heavy atom. The largest absolute Gasteiger partial charge is 0.481 e. The van der Waals surface area contributed by atoms with Crippen molar-refractivity contribution in [2.75, 3.05) is 12.0 Å². The van der Waals surface area contributed by atoms with E-state index in [1.165, 1.54) is 24.3 Å². The second-order valence-corrected chi connectivity index (χ2v) is 8.71. The molecule has 3 amide bonds. The van der Waals surface area contributed by atoms with Gasteiger partial charge in [-0.15, -0.1) is 0 Å². The fourth-order valence-electron chi connectivity index (χ4n) is 2.94. The van der Waals surface area contributed by atoms with Crippen LogP contribution in [-0.2, 0) is 35.2 Å². The SMILES string of the molecule is CSCCC(NC(=O)C(Cc1cnc[nH]1)NC(=O)C(CC(=O)O)NC(=O)C(N)CCC(=O)O)C(=O)O. The van der Waals surface area contributed by atoms with Gasteiger partial charge in [0.15, 0.2) is 0 Å². The summed E-state index contributed by atoms with van der Waals surface area (Å²) in [5, 5.41) is 34.2. The van der Waals surface area contributed by atoms with Crippen LogP contribution in [0.4, 0.5) is 0 Å². The zero-order valence-electron chi connectivity index (χ0n) is 19.4. The Balaban J connectivity index is 3.03. The summed E-state index contributed by atoms with van der Waals surface area (Å²) in [5.41, 5.74) is 6.04. The van der Waals surface area contributed by atoms with Crippen molar-refractivity contribution in [1.29, 1.82) is 0 Å². The number of carboxylic acid groups (broad SMARTS) is 3. The maximum Gasteiger partial charge on any atom is 0.326 e. The zero-order valence-corrected chi connectivity index (χ0v) is 20.2. The molecular formula is C20H30N6O9S. The van der Waals surface area contributed by atoms with Crippen molar-refractivity contribution in [3.63, 3.8) is 0 Å². The highest BCUT2D eigenvalue weighted by Crippen LogP contribution is 2.06. The smallest absolute Gasteiger partial charge is 0.326 e. The number of carbonyl (C=O) groups excluding carboxylic acids is 3. The number of amides is 3. The van der Waals surface area contributed by atoms with Gasteiger partial charge in [0.1, 0.15) is 18.1 Å². The maximum atomic E-state index is 12.9. The van der Waals surface area contributed by atoms with E-state index >= 15 is 0 Å². The molecule has 16 heteroatoms. The van der Waals surface area contributed by atoms with Gasteiger partial charge >= 0.3 is 17.9 Å². The minimum absolute atomic E-state index is 0.124. The molecule has 1 aromatic rings. The number of carboxylic acids is 3. The highest BCUT2D eigenvalue weighted by Gasteiger charge is 2.31. The second-order valence-electron chi connectivity index (χ2n) is 7.72. The van der Waals surface area contributed by atoms with Crippen molar-refractivity contribution in [2.45, 2.75) is 56.3 Å². The molecule has 1 rings (SSSR count). The zero-order chi connectivity index (χ0) is 27.3. The van der Waals surface area contributed by atoms with Crippen molar-refractivity contribution in [3.8, 4) is 0 Å². The summed E-state index contributed by atoms with van der Waals surface area (Å²) in [6.45, 7) is 0. The molecule has 0 aliphatic heterocycles. The number of carbonyl (C=O) groups is 6. The first-order valence-corrected chi connectivity index (χ1v) is 12.1. The Bertz CT molecular complexity index is 927. The molecule has 200 valence electrons. The number of hydrogen-bond acceptors (Lipinski definition) is 9. The summed E-state index contributed by atoms with van der Waals surface area (Å²) in [6.07, 6.45) is 2.94. The summed E-state index contributed by atoms with van der Waals surface area (Å²) in [6, 6.07) is -5.53. The molecule has 36 heavy (non-hydrogen) atoms. The first-order chi connectivity index (χ1) is 16.9. The van der Waals surface area contributed by atoms with Gasteiger partial charge in [-0.25, -0.2) is 9.78 Å². The van der Waals surface area contributed by atoms with E-state index in [1.54, 1.807) is 6.26 Å². The Morgan fingerprint density at radius 1 is 0.944 bits per heavy atom. The number of aromatic nitrogens is 2. The third-order valence-corrected chi connectivity index (χ3v) is 5.50. The van der Waals surface area contributed by atoms with Crippen LogP contribution in [0.1, 0.15) is 31.4 Å². The molecule has 0 aliphatic carbocycles. The minimum atomic E-state index is -1.64. The van der Waals surface area contributed by atoms with Crippen LogP contribution >= 0.6 is 11.8 Å². The first kappa shape index (κ1) is 30.4. The van der Waals surface area contributed by atoms with Gasteiger partial charge in [0.2, 0.25) is 17.7 Å². The van der Waals surface area contributed by atoms with Crippen molar-refractivity contribution >= 4 is 47.4 Å². The van der Waals surface area contributed by atoms with Gasteiger partial charge in [0, 0.05) is 24.7 Å². The van der Waals surface area contributed by atoms with Crippen LogP contribution in [0, 0.1) is 0 Å². The van der Waals surface area contributed by atoms with E-state index in [9.17, 15) is 39.0 Å². The average Bonchev–Trinajstić information content (AvgIpc) is 3.31. The fourth-order valence-corrected chi connectivity index (χ4v) is 3.41. The number of aliphatic carboxylic acids is 3. The molecule has 0 radical (unpaired) electrons. The molecule has 15 nitrogen and oxygen atoms in total. The van der Waals surface area contributed by atoms with E-state index < -0.39 is 72.6 Å². The van der Waals surface area contributed by atoms with Gasteiger partial charge in [-0.3, -0.25) is 24.0 Å². The predicted octanol–water partition coefficient (Wildman–Crippen LogP) is -2.09. The Kier molecular flexibility index (Phi) is 13.0. The van der Waals surface area contributed by atoms with E-state index in [2.05, 4.69) is 25.9 Å². The van der Waals surface area contributed by atoms with Gasteiger partial charge in [-0.1, -0.05) is 0 Å². The molecule has 4 atom stereocenters. The average molecular weight is 531 g/mol. The van der Waals surface area contributed by atoms with E-state index in [-0.39, 0.29) is 19.3 Å². The third kappa shape index (κ3) is 11.2. The minimum Gasteiger partial charge on any atom is -0.481 e. The van der Waals surface area contributed by atoms with E-state index in [0.29, 0.717) is 11.4 Å². The molecule has 0 saturated carbocycles. The number of imidazole rings is 1. The van der Waals surface area contributed by atoms with Crippen LogP contribution in [0.15, 0.2) is 12.5 Å². The number of aromatic amines is 1. The number of H-pyrrole nitrogens is 1. The molecule has 0 saturated heterocycles. The van der Waals surface area contributed by atoms with E-state index in [4.69, 9.17) is 10.8 Å². The summed E-state index contributed by atoms with van der Waals surface area (Å²) in [5.74, 6) is -6.28. The van der Waals surface area contributed by atoms with Crippen molar-refractivity contribution in [2.24, 2.45) is 5.73 Å². The second kappa shape index (κ2) is 15.4. The molecular weight excluding hydrogens is 500 g/mol. The summed E-state index contributed by atoms with van der Waals surface area (Å²) in [4.78, 5) is 78.1. The molecule has 1 aromatic heterocycles. The van der Waals surface area contributed by atoms with Gasteiger partial charge in [0.05, 0.1) is 18.8 Å². The lowest BCUT2D eigenvalue weighted by Gasteiger charge is -2.24. The summed E-state index contributed by atoms with van der Waals surface area (Å²) in [7, 11) is 0. The van der Waals surface area contributed by atoms with Gasteiger partial charge in [0.25, 0.3) is 0 Å². The predicted molar refractivity (Wildman–Crippen MR) is 126 cm³/mol. The van der Waals surface area contributed by atoms with E-state index in [1.807, 2.05) is 0 Å². The number of thioether (sulfide) groups is 1. The Hall–Kier alpha value is -3.66. The van der Waals surface area contributed by atoms with Crippen LogP contribution in [0.3, 0.4) is 0 Å². The highest BCUT2D eigenvalue weighted by molar-refractivity contribution is 7.98. The number of nitrogens with zero attached hydrogens (tertiary/aromatic N) is 1. The van der Waals surface area contributed by atoms with Crippen LogP contribution < -0.4 is 21.7 Å². The molecule has 1 heterocycles. The van der Waals surface area contributed by atoms with Crippen LogP contribution in [-0.4, -0.2) is 97.1 Å². The Morgan fingerprint density at radius 2 is 1.56 bits per heavy atom. The summed E-state index contributed by atoms with van der Waals surface area (Å²) < 4.78 is 0. The number of rotatable bonds is 17. The summed E-state index contributed by atoms with van der Waals surface area (Å²) >= 11 is 1.38. The molecule has 9 N–H and O–H groups in total. The topological polar surface area (TPSA) is 254 Å². The lowest BCUT2D eigenvalue weighted by molar-refractivity contribution is -0.143. The molecule has 0 fully saturated rings. The number of nitrogens with two attached hydrogens (primary N) is 1. The van der Waals surface area contributed by atoms with Crippen LogP contribution in [0.5, 0.6) is 0 Å². The van der Waals surface area contributed by atoms with E-state index in [0.717, 1.165) is 0 Å². The Labute approximate surface area is 210 Å². The highest BCUT2D eigenvalue weighted by atomic mass is 32.2. The standard InChI is InChI=1S/C20H30N6O9S/c1-36-5-4-12(20(34)35)24-18(32)13(6-10-8-22-9-23-10)26-19(33)14(7-16(29)30)25-17(31)11(21)2-3-15(27)28/h8-9,11-14H,2-7,21H2,1H3,(H,22,23)(H,24,32)(H,25,31)(H,26,33)(H,27,28)(H,29,30)(H,34,35). The van der Waals surface area contributed by atoms with Crippen LogP contribution in [0.2, 0.25) is 0 Å². The van der Waals surface area contributed by atoms with Gasteiger partial charge in [-0.05, 0) is 24.9 Å². The molecule has 0 aliphatic rings. The normalized spacial score (nSPS) is 14.1. The monoisotopic (exact) mass is 530 g/mol. The number of hydrogen-bond donors (Lipinski definition) is 8. The molecule has 0 spiro atoms. The first-order valence-electron chi connectivity index (χ1n) is 10.7. The maximum absolute atomic E-state index is 12.9. The fraction of sp³-hybridized carbons (Fsp3) is 0.550. The third-order valence-electron chi connectivity index (χ3n) is 4.85. The number of nitrogens with one attached hydrogen (secondary N) is 4. The lowest BCUT2D eigenvalue weighted by Crippen LogP contribution is -2.58. The van der Waals surface area contributed by atoms with Crippen molar-refractivity contribution in [3.05, 3.63) is 18.2 Å². The van der Waals surface area contributed by atoms with Gasteiger partial charge in [-0.2, -0.15) is 11.8 Å². The van der Waals surface area contributed by atoms with Crippen molar-refractivity contribution < 1.29 is 44.1 Å². The van der Waals surface area contributed by atoms with Crippen molar-refractivity contribution in [1.82, 2.24) is 25.9 Å². The molecule has 4 unspecified atom stereocenters. The molecule has 0 bridgehead atoms. The van der Waals surface area contributed by atoms with Gasteiger partial charge < -0.3 is 42.0 Å².